The topological polar surface area (TPSA) is 24.1 Å². The van der Waals surface area contributed by atoms with E-state index in [1.54, 1.807) is 0 Å². The van der Waals surface area contributed by atoms with Gasteiger partial charge in [0, 0.05) is 16.9 Å². The third-order valence-electron chi connectivity index (χ3n) is 9.95. The first-order chi connectivity index (χ1) is 24.8. The number of allylic oxidation sites excluding steroid dienone is 2. The average Bonchev–Trinajstić information content (AvgIpc) is 3.21. The van der Waals surface area contributed by atoms with E-state index in [0.29, 0.717) is 0 Å². The van der Waals surface area contributed by atoms with Gasteiger partial charge in [0.1, 0.15) is 0 Å². The molecule has 0 bridgehead atoms. The van der Waals surface area contributed by atoms with Crippen molar-refractivity contribution in [2.24, 2.45) is 0 Å². The molecule has 2 atom stereocenters. The lowest BCUT2D eigenvalue weighted by Crippen LogP contribution is -2.21. The zero-order valence-electron chi connectivity index (χ0n) is 27.6. The minimum atomic E-state index is 0.0808. The summed E-state index contributed by atoms with van der Waals surface area (Å²) in [5.74, 6) is 0. The summed E-state index contributed by atoms with van der Waals surface area (Å²) < 4.78 is 0. The Morgan fingerprint density at radius 2 is 0.960 bits per heavy atom. The zero-order chi connectivity index (χ0) is 33.3. The first-order valence-electron chi connectivity index (χ1n) is 17.3. The minimum Gasteiger partial charge on any atom is -0.374 e. The lowest BCUT2D eigenvalue weighted by Gasteiger charge is -2.29. The van der Waals surface area contributed by atoms with Gasteiger partial charge in [0.15, 0.2) is 0 Å². The standard InChI is InChI=1S/C48H36N2/c1-5-14-34(15-6-1)43-32-47(38-20-11-4-12-21-38)49-44-29-28-41-40(22-13-23-42(41)48(43)44)35-26-24-33(25-27-35)39-30-45(36-16-7-2-8-17-36)50-46(31-39)37-18-9-3-10-19-37/h1-32,45,47,49-50H. The van der Waals surface area contributed by atoms with Gasteiger partial charge in [0.25, 0.3) is 0 Å². The van der Waals surface area contributed by atoms with Crippen molar-refractivity contribution in [2.45, 2.75) is 12.1 Å². The highest BCUT2D eigenvalue weighted by Crippen LogP contribution is 2.44. The maximum absolute atomic E-state index is 3.85. The van der Waals surface area contributed by atoms with E-state index in [1.807, 2.05) is 0 Å². The number of benzene rings is 7. The molecule has 7 aromatic carbocycles. The maximum atomic E-state index is 3.85. The van der Waals surface area contributed by atoms with E-state index in [4.69, 9.17) is 0 Å². The molecule has 2 aliphatic heterocycles. The molecule has 0 aromatic heterocycles. The summed E-state index contributed by atoms with van der Waals surface area (Å²) in [4.78, 5) is 0. The van der Waals surface area contributed by atoms with Gasteiger partial charge in [-0.1, -0.05) is 170 Å². The van der Waals surface area contributed by atoms with Crippen LogP contribution in [-0.4, -0.2) is 0 Å². The lowest BCUT2D eigenvalue weighted by atomic mass is 9.85. The smallest absolute Gasteiger partial charge is 0.0707 e. The van der Waals surface area contributed by atoms with Gasteiger partial charge < -0.3 is 10.6 Å². The molecule has 0 fully saturated rings. The Balaban J connectivity index is 1.11. The van der Waals surface area contributed by atoms with E-state index in [2.05, 4.69) is 205 Å². The summed E-state index contributed by atoms with van der Waals surface area (Å²) in [5.41, 5.74) is 14.6. The number of nitrogens with one attached hydrogen (secondary N) is 2. The molecule has 7 aromatic rings. The van der Waals surface area contributed by atoms with Gasteiger partial charge in [-0.05, 0) is 85.2 Å². The molecule has 2 nitrogen and oxygen atoms in total. The highest BCUT2D eigenvalue weighted by molar-refractivity contribution is 6.08. The van der Waals surface area contributed by atoms with E-state index in [9.17, 15) is 0 Å². The van der Waals surface area contributed by atoms with Crippen LogP contribution in [0.1, 0.15) is 45.5 Å². The SMILES string of the molecule is C1=C(c2ccc(-c3cccc4c5c(ccc34)NC(c3ccccc3)C=C5c3ccccc3)cc2)C=C(c2ccccc2)NC1c1ccccc1. The van der Waals surface area contributed by atoms with E-state index < -0.39 is 0 Å². The number of hydrogen-bond donors (Lipinski definition) is 2. The summed E-state index contributed by atoms with van der Waals surface area (Å²) in [6.45, 7) is 0. The Morgan fingerprint density at radius 3 is 1.62 bits per heavy atom. The maximum Gasteiger partial charge on any atom is 0.0707 e. The van der Waals surface area contributed by atoms with Gasteiger partial charge >= 0.3 is 0 Å². The van der Waals surface area contributed by atoms with Crippen LogP contribution in [0.15, 0.2) is 194 Å². The first-order valence-corrected chi connectivity index (χ1v) is 17.3. The second-order valence-corrected chi connectivity index (χ2v) is 13.0. The van der Waals surface area contributed by atoms with Crippen LogP contribution in [0.3, 0.4) is 0 Å². The molecule has 0 saturated heterocycles. The summed E-state index contributed by atoms with van der Waals surface area (Å²) in [6.07, 6.45) is 7.01. The fourth-order valence-corrected chi connectivity index (χ4v) is 7.46. The van der Waals surface area contributed by atoms with Crippen LogP contribution in [-0.2, 0) is 0 Å². The number of dihydropyridines is 1. The number of anilines is 1. The van der Waals surface area contributed by atoms with Crippen LogP contribution < -0.4 is 10.6 Å². The largest absolute Gasteiger partial charge is 0.374 e. The predicted molar refractivity (Wildman–Crippen MR) is 210 cm³/mol. The summed E-state index contributed by atoms with van der Waals surface area (Å²) in [6, 6.07) is 63.3. The molecule has 2 heterocycles. The molecule has 2 heteroatoms. The molecule has 238 valence electrons. The second-order valence-electron chi connectivity index (χ2n) is 13.0. The van der Waals surface area contributed by atoms with Gasteiger partial charge in [0.05, 0.1) is 12.1 Å². The van der Waals surface area contributed by atoms with Crippen molar-refractivity contribution in [2.75, 3.05) is 5.32 Å². The Labute approximate surface area is 293 Å². The molecule has 0 radical (unpaired) electrons. The summed E-state index contributed by atoms with van der Waals surface area (Å²) >= 11 is 0. The number of fused-ring (bicyclic) bond motifs is 3. The van der Waals surface area contributed by atoms with E-state index >= 15 is 0 Å². The molecule has 0 amide bonds. The predicted octanol–water partition coefficient (Wildman–Crippen LogP) is 11.9. The summed E-state index contributed by atoms with van der Waals surface area (Å²) in [7, 11) is 0. The van der Waals surface area contributed by atoms with Crippen molar-refractivity contribution in [1.29, 1.82) is 0 Å². The molecule has 50 heavy (non-hydrogen) atoms. The Kier molecular flexibility index (Phi) is 7.68. The van der Waals surface area contributed by atoms with Gasteiger partial charge in [-0.3, -0.25) is 0 Å². The Morgan fingerprint density at radius 1 is 0.380 bits per heavy atom. The Bertz CT molecular complexity index is 2390. The third kappa shape index (κ3) is 5.61. The lowest BCUT2D eigenvalue weighted by molar-refractivity contribution is 0.767. The molecule has 9 rings (SSSR count). The Hall–Kier alpha value is -6.38. The summed E-state index contributed by atoms with van der Waals surface area (Å²) in [5, 5.41) is 10.1. The van der Waals surface area contributed by atoms with Gasteiger partial charge in [-0.25, -0.2) is 0 Å². The van der Waals surface area contributed by atoms with Gasteiger partial charge in [-0.15, -0.1) is 0 Å². The van der Waals surface area contributed by atoms with Crippen LogP contribution in [0.5, 0.6) is 0 Å². The fraction of sp³-hybridized carbons (Fsp3) is 0.0417. The first kappa shape index (κ1) is 29.7. The van der Waals surface area contributed by atoms with Crippen molar-refractivity contribution >= 4 is 33.3 Å². The van der Waals surface area contributed by atoms with Crippen molar-refractivity contribution in [3.63, 3.8) is 0 Å². The van der Waals surface area contributed by atoms with Crippen molar-refractivity contribution in [1.82, 2.24) is 5.32 Å². The van der Waals surface area contributed by atoms with E-state index in [0.717, 1.165) is 11.4 Å². The fourth-order valence-electron chi connectivity index (χ4n) is 7.46. The molecule has 0 spiro atoms. The number of hydrogen-bond acceptors (Lipinski definition) is 2. The highest BCUT2D eigenvalue weighted by Gasteiger charge is 2.24. The highest BCUT2D eigenvalue weighted by atomic mass is 14.9. The van der Waals surface area contributed by atoms with Crippen LogP contribution >= 0.6 is 0 Å². The third-order valence-corrected chi connectivity index (χ3v) is 9.95. The van der Waals surface area contributed by atoms with Crippen LogP contribution in [0.2, 0.25) is 0 Å². The molecule has 2 aliphatic rings. The van der Waals surface area contributed by atoms with Crippen LogP contribution in [0.25, 0.3) is 38.7 Å². The van der Waals surface area contributed by atoms with Crippen LogP contribution in [0.4, 0.5) is 5.69 Å². The van der Waals surface area contributed by atoms with E-state index in [-0.39, 0.29) is 12.1 Å². The zero-order valence-corrected chi connectivity index (χ0v) is 27.6. The monoisotopic (exact) mass is 640 g/mol. The normalized spacial score (nSPS) is 16.7. The van der Waals surface area contributed by atoms with Crippen LogP contribution in [0, 0.1) is 0 Å². The molecular weight excluding hydrogens is 605 g/mol. The van der Waals surface area contributed by atoms with Gasteiger partial charge in [0.2, 0.25) is 0 Å². The quantitative estimate of drug-likeness (QED) is 0.189. The molecular formula is C48H36N2. The molecule has 2 unspecified atom stereocenters. The second kappa shape index (κ2) is 12.9. The van der Waals surface area contributed by atoms with Gasteiger partial charge in [-0.2, -0.15) is 0 Å². The molecule has 0 aliphatic carbocycles. The van der Waals surface area contributed by atoms with Crippen molar-refractivity contribution in [3.05, 3.63) is 228 Å². The van der Waals surface area contributed by atoms with Crippen molar-refractivity contribution < 1.29 is 0 Å². The minimum absolute atomic E-state index is 0.0808. The average molecular weight is 641 g/mol. The molecule has 0 saturated carbocycles. The van der Waals surface area contributed by atoms with Crippen molar-refractivity contribution in [3.8, 4) is 11.1 Å². The van der Waals surface area contributed by atoms with E-state index in [1.165, 1.54) is 66.4 Å². The molecule has 2 N–H and O–H groups in total. The number of rotatable bonds is 6.